The number of carboxylic acids is 1. The number of aliphatic carboxylic acids is 1. The van der Waals surface area contributed by atoms with Crippen LogP contribution in [0.5, 0.6) is 5.88 Å². The predicted molar refractivity (Wildman–Crippen MR) is 126 cm³/mol. The lowest BCUT2D eigenvalue weighted by Crippen LogP contribution is -2.25. The van der Waals surface area contributed by atoms with E-state index in [1.165, 1.54) is 0 Å². The Balaban J connectivity index is 1.26. The summed E-state index contributed by atoms with van der Waals surface area (Å²) >= 11 is 0. The lowest BCUT2D eigenvalue weighted by Gasteiger charge is -2.28. The number of para-hydroxylation sites is 2. The smallest absolute Gasteiger partial charge is 0.303 e. The van der Waals surface area contributed by atoms with Gasteiger partial charge in [0.05, 0.1) is 16.7 Å². The number of carbonyl (C=O) groups is 1. The van der Waals surface area contributed by atoms with Gasteiger partial charge in [-0.2, -0.15) is 0 Å². The Hall–Kier alpha value is -3.74. The standard InChI is InChI=1S/C26H26N4O3/c1-16-12-19(15-28-26(16)33-20-9-6-17(7-10-20)13-24(31)32)21-11-8-18(14-27-21)25-29-22-4-2-3-5-23(22)30-25/h2-5,8,11-12,14-15,17,20H,6-7,9-10,13H2,1H3,(H,29,30)(H,31,32)/t17-,20-. The summed E-state index contributed by atoms with van der Waals surface area (Å²) in [7, 11) is 0. The molecular weight excluding hydrogens is 416 g/mol. The number of benzene rings is 1. The minimum absolute atomic E-state index is 0.0910. The zero-order chi connectivity index (χ0) is 22.8. The molecule has 0 spiro atoms. The highest BCUT2D eigenvalue weighted by molar-refractivity contribution is 5.79. The number of nitrogens with zero attached hydrogens (tertiary/aromatic N) is 3. The minimum Gasteiger partial charge on any atom is -0.481 e. The number of H-pyrrole nitrogens is 1. The summed E-state index contributed by atoms with van der Waals surface area (Å²) in [6.07, 6.45) is 7.46. The van der Waals surface area contributed by atoms with E-state index in [2.05, 4.69) is 19.9 Å². The quantitative estimate of drug-likeness (QED) is 0.414. The number of rotatable bonds is 6. The average Bonchev–Trinajstić information content (AvgIpc) is 3.26. The minimum atomic E-state index is -0.716. The molecule has 3 heterocycles. The van der Waals surface area contributed by atoms with Gasteiger partial charge in [-0.25, -0.2) is 9.97 Å². The molecule has 7 nitrogen and oxygen atoms in total. The molecule has 1 aliphatic rings. The molecule has 4 aromatic rings. The lowest BCUT2D eigenvalue weighted by molar-refractivity contribution is -0.138. The molecule has 1 fully saturated rings. The summed E-state index contributed by atoms with van der Waals surface area (Å²) in [6, 6.07) is 14.0. The van der Waals surface area contributed by atoms with Gasteiger partial charge in [-0.3, -0.25) is 9.78 Å². The summed E-state index contributed by atoms with van der Waals surface area (Å²) in [5.41, 5.74) is 5.60. The van der Waals surface area contributed by atoms with Crippen molar-refractivity contribution in [3.8, 4) is 28.5 Å². The van der Waals surface area contributed by atoms with Gasteiger partial charge >= 0.3 is 5.97 Å². The fraction of sp³-hybridized carbons (Fsp3) is 0.308. The molecule has 0 aliphatic heterocycles. The van der Waals surface area contributed by atoms with Crippen molar-refractivity contribution in [1.29, 1.82) is 0 Å². The van der Waals surface area contributed by atoms with Crippen LogP contribution in [-0.2, 0) is 4.79 Å². The van der Waals surface area contributed by atoms with Gasteiger partial charge in [0.25, 0.3) is 0 Å². The number of hydrogen-bond acceptors (Lipinski definition) is 5. The molecule has 5 rings (SSSR count). The molecule has 0 bridgehead atoms. The molecule has 0 radical (unpaired) electrons. The zero-order valence-electron chi connectivity index (χ0n) is 18.5. The largest absolute Gasteiger partial charge is 0.481 e. The third kappa shape index (κ3) is 4.72. The second-order valence-corrected chi connectivity index (χ2v) is 8.74. The summed E-state index contributed by atoms with van der Waals surface area (Å²) < 4.78 is 6.14. The number of imidazole rings is 1. The average molecular weight is 443 g/mol. The molecule has 1 aliphatic carbocycles. The molecule has 0 saturated heterocycles. The number of pyridine rings is 2. The summed E-state index contributed by atoms with van der Waals surface area (Å²) in [5.74, 6) is 0.977. The SMILES string of the molecule is Cc1cc(-c2ccc(-c3nc4ccccc4[nH]3)cn2)cnc1O[C@H]1CC[C@H](CC(=O)O)CC1. The number of hydrogen-bond donors (Lipinski definition) is 2. The Bertz CT molecular complexity index is 1240. The highest BCUT2D eigenvalue weighted by Crippen LogP contribution is 2.31. The van der Waals surface area contributed by atoms with Crippen LogP contribution in [0.15, 0.2) is 54.9 Å². The van der Waals surface area contributed by atoms with Gasteiger partial charge in [-0.15, -0.1) is 0 Å². The second kappa shape index (κ2) is 9.02. The van der Waals surface area contributed by atoms with E-state index in [1.807, 2.05) is 55.6 Å². The highest BCUT2D eigenvalue weighted by Gasteiger charge is 2.24. The molecular formula is C26H26N4O3. The third-order valence-corrected chi connectivity index (χ3v) is 6.29. The monoisotopic (exact) mass is 442 g/mol. The van der Waals surface area contributed by atoms with E-state index < -0.39 is 5.97 Å². The van der Waals surface area contributed by atoms with Crippen molar-refractivity contribution in [3.63, 3.8) is 0 Å². The first kappa shape index (κ1) is 21.1. The van der Waals surface area contributed by atoms with Gasteiger partial charge in [0.15, 0.2) is 0 Å². The van der Waals surface area contributed by atoms with Crippen molar-refractivity contribution in [2.45, 2.75) is 45.1 Å². The second-order valence-electron chi connectivity index (χ2n) is 8.74. The van der Waals surface area contributed by atoms with Crippen molar-refractivity contribution in [2.24, 2.45) is 5.92 Å². The molecule has 2 N–H and O–H groups in total. The van der Waals surface area contributed by atoms with Gasteiger partial charge in [0.2, 0.25) is 5.88 Å². The maximum Gasteiger partial charge on any atom is 0.303 e. The molecule has 0 unspecified atom stereocenters. The number of aromatic amines is 1. The van der Waals surface area contributed by atoms with Crippen LogP contribution >= 0.6 is 0 Å². The molecule has 3 aromatic heterocycles. The summed E-state index contributed by atoms with van der Waals surface area (Å²) in [5, 5.41) is 8.98. The van der Waals surface area contributed by atoms with Crippen LogP contribution in [0.1, 0.15) is 37.7 Å². The van der Waals surface area contributed by atoms with Crippen LogP contribution in [0, 0.1) is 12.8 Å². The fourth-order valence-electron chi connectivity index (χ4n) is 4.48. The lowest BCUT2D eigenvalue weighted by atomic mass is 9.85. The Morgan fingerprint density at radius 2 is 1.85 bits per heavy atom. The number of ether oxygens (including phenoxy) is 1. The van der Waals surface area contributed by atoms with Gasteiger partial charge in [0, 0.05) is 35.5 Å². The van der Waals surface area contributed by atoms with Crippen LogP contribution < -0.4 is 4.74 Å². The Kier molecular flexibility index (Phi) is 5.77. The molecule has 1 saturated carbocycles. The predicted octanol–water partition coefficient (Wildman–Crippen LogP) is 5.41. The van der Waals surface area contributed by atoms with Crippen molar-refractivity contribution >= 4 is 17.0 Å². The van der Waals surface area contributed by atoms with Crippen LogP contribution in [0.2, 0.25) is 0 Å². The third-order valence-electron chi connectivity index (χ3n) is 6.29. The van der Waals surface area contributed by atoms with Crippen molar-refractivity contribution in [2.75, 3.05) is 0 Å². The first-order chi connectivity index (χ1) is 16.0. The first-order valence-corrected chi connectivity index (χ1v) is 11.3. The first-order valence-electron chi connectivity index (χ1n) is 11.3. The van der Waals surface area contributed by atoms with E-state index in [0.29, 0.717) is 5.88 Å². The van der Waals surface area contributed by atoms with Crippen LogP contribution in [0.3, 0.4) is 0 Å². The Morgan fingerprint density at radius 1 is 1.06 bits per heavy atom. The molecule has 1 aromatic carbocycles. The van der Waals surface area contributed by atoms with Crippen molar-refractivity contribution in [1.82, 2.24) is 19.9 Å². The van der Waals surface area contributed by atoms with Crippen LogP contribution in [-0.4, -0.2) is 37.1 Å². The van der Waals surface area contributed by atoms with E-state index >= 15 is 0 Å². The van der Waals surface area contributed by atoms with Crippen LogP contribution in [0.25, 0.3) is 33.7 Å². The van der Waals surface area contributed by atoms with E-state index in [9.17, 15) is 4.79 Å². The van der Waals surface area contributed by atoms with Gasteiger partial charge in [-0.05, 0) is 68.9 Å². The highest BCUT2D eigenvalue weighted by atomic mass is 16.5. The number of aromatic nitrogens is 4. The number of nitrogens with one attached hydrogen (secondary N) is 1. The number of fused-ring (bicyclic) bond motifs is 1. The Morgan fingerprint density at radius 3 is 2.55 bits per heavy atom. The molecule has 0 atom stereocenters. The maximum absolute atomic E-state index is 10.9. The molecule has 0 amide bonds. The Labute approximate surface area is 191 Å². The molecule has 168 valence electrons. The maximum atomic E-state index is 10.9. The summed E-state index contributed by atoms with van der Waals surface area (Å²) in [4.78, 5) is 28.0. The van der Waals surface area contributed by atoms with E-state index in [1.54, 1.807) is 6.20 Å². The summed E-state index contributed by atoms with van der Waals surface area (Å²) in [6.45, 7) is 1.99. The van der Waals surface area contributed by atoms with Crippen LogP contribution in [0.4, 0.5) is 0 Å². The van der Waals surface area contributed by atoms with Crippen molar-refractivity contribution in [3.05, 3.63) is 60.4 Å². The van der Waals surface area contributed by atoms with E-state index in [4.69, 9.17) is 9.84 Å². The van der Waals surface area contributed by atoms with E-state index in [0.717, 1.165) is 64.9 Å². The van der Waals surface area contributed by atoms with Gasteiger partial charge < -0.3 is 14.8 Å². The molecule has 7 heteroatoms. The van der Waals surface area contributed by atoms with Gasteiger partial charge in [0.1, 0.15) is 11.9 Å². The molecule has 33 heavy (non-hydrogen) atoms. The van der Waals surface area contributed by atoms with Crippen molar-refractivity contribution < 1.29 is 14.6 Å². The fourth-order valence-corrected chi connectivity index (χ4v) is 4.48. The van der Waals surface area contributed by atoms with Gasteiger partial charge in [-0.1, -0.05) is 12.1 Å². The number of carboxylic acid groups (broad SMARTS) is 1. The zero-order valence-corrected chi connectivity index (χ0v) is 18.5. The van der Waals surface area contributed by atoms with E-state index in [-0.39, 0.29) is 18.4 Å². The normalized spacial score (nSPS) is 18.3. The number of aryl methyl sites for hydroxylation is 1. The topological polar surface area (TPSA) is 101 Å².